The third kappa shape index (κ3) is 3.83. The number of benzene rings is 2. The number of rotatable bonds is 3. The second kappa shape index (κ2) is 5.45. The summed E-state index contributed by atoms with van der Waals surface area (Å²) in [4.78, 5) is 0. The van der Waals surface area contributed by atoms with Crippen molar-refractivity contribution in [2.45, 2.75) is 18.7 Å². The predicted octanol–water partition coefficient (Wildman–Crippen LogP) is 4.34. The summed E-state index contributed by atoms with van der Waals surface area (Å²) in [6.45, 7) is 0. The van der Waals surface area contributed by atoms with Crippen molar-refractivity contribution in [3.05, 3.63) is 60.2 Å². The quantitative estimate of drug-likeness (QED) is 0.876. The van der Waals surface area contributed by atoms with Gasteiger partial charge in [-0.15, -0.1) is 0 Å². The second-order valence-electron chi connectivity index (χ2n) is 4.32. The van der Waals surface area contributed by atoms with Crippen LogP contribution in [0, 0.1) is 0 Å². The van der Waals surface area contributed by atoms with Crippen LogP contribution in [-0.2, 0) is 0 Å². The van der Waals surface area contributed by atoms with Gasteiger partial charge in [-0.2, -0.15) is 13.2 Å². The van der Waals surface area contributed by atoms with Crippen LogP contribution in [0.2, 0.25) is 0 Å². The molecule has 1 N–H and O–H groups in total. The van der Waals surface area contributed by atoms with E-state index < -0.39 is 18.7 Å². The van der Waals surface area contributed by atoms with Gasteiger partial charge in [0.15, 0.2) is 0 Å². The van der Waals surface area contributed by atoms with E-state index in [1.807, 2.05) is 30.3 Å². The number of aliphatic hydroxyl groups excluding tert-OH is 1. The van der Waals surface area contributed by atoms with Gasteiger partial charge in [0.2, 0.25) is 0 Å². The van der Waals surface area contributed by atoms with Crippen molar-refractivity contribution in [2.75, 3.05) is 0 Å². The SMILES string of the molecule is OC(CC(F)(F)F)c1ccc(-c2ccccc2)cc1. The van der Waals surface area contributed by atoms with E-state index in [2.05, 4.69) is 0 Å². The Labute approximate surface area is 109 Å². The summed E-state index contributed by atoms with van der Waals surface area (Å²) >= 11 is 0. The van der Waals surface area contributed by atoms with Gasteiger partial charge >= 0.3 is 6.18 Å². The second-order valence-corrected chi connectivity index (χ2v) is 4.32. The molecule has 0 saturated carbocycles. The van der Waals surface area contributed by atoms with Crippen molar-refractivity contribution >= 4 is 0 Å². The van der Waals surface area contributed by atoms with Gasteiger partial charge in [0.25, 0.3) is 0 Å². The zero-order valence-electron chi connectivity index (χ0n) is 10.1. The molecule has 2 rings (SSSR count). The largest absolute Gasteiger partial charge is 0.391 e. The molecule has 0 saturated heterocycles. The lowest BCUT2D eigenvalue weighted by atomic mass is 10.0. The number of halogens is 3. The van der Waals surface area contributed by atoms with Crippen molar-refractivity contribution in [1.29, 1.82) is 0 Å². The highest BCUT2D eigenvalue weighted by molar-refractivity contribution is 5.63. The average Bonchev–Trinajstić information content (AvgIpc) is 2.38. The summed E-state index contributed by atoms with van der Waals surface area (Å²) in [7, 11) is 0. The van der Waals surface area contributed by atoms with Crippen LogP contribution in [0.5, 0.6) is 0 Å². The maximum absolute atomic E-state index is 12.2. The highest BCUT2D eigenvalue weighted by Gasteiger charge is 2.31. The van der Waals surface area contributed by atoms with E-state index >= 15 is 0 Å². The molecule has 19 heavy (non-hydrogen) atoms. The summed E-state index contributed by atoms with van der Waals surface area (Å²) in [6, 6.07) is 16.0. The zero-order valence-corrected chi connectivity index (χ0v) is 10.1. The topological polar surface area (TPSA) is 20.2 Å². The van der Waals surface area contributed by atoms with Gasteiger partial charge in [0, 0.05) is 0 Å². The Morgan fingerprint density at radius 2 is 1.37 bits per heavy atom. The molecule has 0 aliphatic heterocycles. The maximum atomic E-state index is 12.2. The smallest absolute Gasteiger partial charge is 0.388 e. The van der Waals surface area contributed by atoms with E-state index in [-0.39, 0.29) is 5.56 Å². The van der Waals surface area contributed by atoms with Crippen LogP contribution in [0.15, 0.2) is 54.6 Å². The molecule has 0 aliphatic carbocycles. The highest BCUT2D eigenvalue weighted by Crippen LogP contribution is 2.30. The van der Waals surface area contributed by atoms with E-state index in [1.54, 1.807) is 12.1 Å². The molecule has 2 aromatic rings. The standard InChI is InChI=1S/C15H13F3O/c16-15(17,18)10-14(19)13-8-6-12(7-9-13)11-4-2-1-3-5-11/h1-9,14,19H,10H2. The van der Waals surface area contributed by atoms with Gasteiger partial charge in [-0.3, -0.25) is 0 Å². The van der Waals surface area contributed by atoms with E-state index in [4.69, 9.17) is 0 Å². The molecule has 0 aliphatic rings. The van der Waals surface area contributed by atoms with Gasteiger partial charge in [-0.1, -0.05) is 54.6 Å². The molecule has 0 aromatic heterocycles. The molecule has 4 heteroatoms. The number of hydrogen-bond donors (Lipinski definition) is 1. The fourth-order valence-electron chi connectivity index (χ4n) is 1.87. The number of aliphatic hydroxyl groups is 1. The number of alkyl halides is 3. The third-order valence-corrected chi connectivity index (χ3v) is 2.83. The van der Waals surface area contributed by atoms with Crippen LogP contribution in [0.4, 0.5) is 13.2 Å². The summed E-state index contributed by atoms with van der Waals surface area (Å²) in [5.41, 5.74) is 2.17. The van der Waals surface area contributed by atoms with Crippen LogP contribution < -0.4 is 0 Å². The third-order valence-electron chi connectivity index (χ3n) is 2.83. The Morgan fingerprint density at radius 3 is 1.89 bits per heavy atom. The van der Waals surface area contributed by atoms with Crippen molar-refractivity contribution in [1.82, 2.24) is 0 Å². The lowest BCUT2D eigenvalue weighted by molar-refractivity contribution is -0.154. The molecule has 1 nitrogen and oxygen atoms in total. The minimum absolute atomic E-state index is 0.275. The van der Waals surface area contributed by atoms with Crippen molar-refractivity contribution in [2.24, 2.45) is 0 Å². The van der Waals surface area contributed by atoms with E-state index in [0.29, 0.717) is 0 Å². The van der Waals surface area contributed by atoms with E-state index in [1.165, 1.54) is 12.1 Å². The number of hydrogen-bond acceptors (Lipinski definition) is 1. The minimum atomic E-state index is -4.36. The molecular formula is C15H13F3O. The first-order chi connectivity index (χ1) is 8.96. The molecule has 100 valence electrons. The summed E-state index contributed by atoms with van der Waals surface area (Å²) < 4.78 is 36.5. The van der Waals surface area contributed by atoms with Crippen molar-refractivity contribution in [3.8, 4) is 11.1 Å². The first kappa shape index (κ1) is 13.6. The summed E-state index contributed by atoms with van der Waals surface area (Å²) in [6.07, 6.45) is -7.10. The van der Waals surface area contributed by atoms with Crippen LogP contribution in [0.25, 0.3) is 11.1 Å². The Bertz CT molecular complexity index is 517. The Morgan fingerprint density at radius 1 is 0.842 bits per heavy atom. The molecule has 1 atom stereocenters. The maximum Gasteiger partial charge on any atom is 0.391 e. The van der Waals surface area contributed by atoms with Crippen LogP contribution >= 0.6 is 0 Å². The molecular weight excluding hydrogens is 253 g/mol. The zero-order chi connectivity index (χ0) is 13.9. The van der Waals surface area contributed by atoms with Gasteiger partial charge in [0.05, 0.1) is 12.5 Å². The van der Waals surface area contributed by atoms with Crippen LogP contribution in [0.1, 0.15) is 18.1 Å². The van der Waals surface area contributed by atoms with Gasteiger partial charge < -0.3 is 5.11 Å². The lowest BCUT2D eigenvalue weighted by Crippen LogP contribution is -2.13. The van der Waals surface area contributed by atoms with Gasteiger partial charge in [0.1, 0.15) is 0 Å². The molecule has 1 unspecified atom stereocenters. The summed E-state index contributed by atoms with van der Waals surface area (Å²) in [5.74, 6) is 0. The molecule has 2 aromatic carbocycles. The minimum Gasteiger partial charge on any atom is -0.388 e. The Balaban J connectivity index is 2.15. The average molecular weight is 266 g/mol. The predicted molar refractivity (Wildman–Crippen MR) is 67.5 cm³/mol. The molecule has 0 bridgehead atoms. The summed E-state index contributed by atoms with van der Waals surface area (Å²) in [5, 5.41) is 9.50. The first-order valence-electron chi connectivity index (χ1n) is 5.86. The molecule has 0 radical (unpaired) electrons. The van der Waals surface area contributed by atoms with Gasteiger partial charge in [-0.25, -0.2) is 0 Å². The lowest BCUT2D eigenvalue weighted by Gasteiger charge is -2.13. The monoisotopic (exact) mass is 266 g/mol. The van der Waals surface area contributed by atoms with E-state index in [9.17, 15) is 18.3 Å². The van der Waals surface area contributed by atoms with Gasteiger partial charge in [-0.05, 0) is 16.7 Å². The van der Waals surface area contributed by atoms with Crippen LogP contribution in [-0.4, -0.2) is 11.3 Å². The first-order valence-corrected chi connectivity index (χ1v) is 5.86. The molecule has 0 heterocycles. The Kier molecular flexibility index (Phi) is 3.90. The fraction of sp³-hybridized carbons (Fsp3) is 0.200. The molecule has 0 amide bonds. The molecule has 0 spiro atoms. The van der Waals surface area contributed by atoms with E-state index in [0.717, 1.165) is 11.1 Å². The van der Waals surface area contributed by atoms with Crippen molar-refractivity contribution < 1.29 is 18.3 Å². The van der Waals surface area contributed by atoms with Crippen LogP contribution in [0.3, 0.4) is 0 Å². The normalized spacial score (nSPS) is 13.3. The Hall–Kier alpha value is -1.81. The highest BCUT2D eigenvalue weighted by atomic mass is 19.4. The molecule has 0 fully saturated rings. The fourth-order valence-corrected chi connectivity index (χ4v) is 1.87. The van der Waals surface area contributed by atoms with Crippen molar-refractivity contribution in [3.63, 3.8) is 0 Å².